The van der Waals surface area contributed by atoms with Gasteiger partial charge in [-0.3, -0.25) is 0 Å². The summed E-state index contributed by atoms with van der Waals surface area (Å²) in [6.45, 7) is 7.44. The zero-order chi connectivity index (χ0) is 32.4. The monoisotopic (exact) mass is 635 g/mol. The van der Waals surface area contributed by atoms with Crippen molar-refractivity contribution in [2.75, 3.05) is 6.61 Å². The van der Waals surface area contributed by atoms with Gasteiger partial charge < -0.3 is 13.6 Å². The molecule has 1 aliphatic rings. The van der Waals surface area contributed by atoms with Crippen LogP contribution in [0.4, 0.5) is 0 Å². The molecule has 3 unspecified atom stereocenters. The second kappa shape index (κ2) is 12.9. The van der Waals surface area contributed by atoms with E-state index in [0.29, 0.717) is 23.0 Å². The van der Waals surface area contributed by atoms with E-state index in [4.69, 9.17) is 18.6 Å². The molecule has 0 bridgehead atoms. The van der Waals surface area contributed by atoms with Crippen molar-refractivity contribution in [1.29, 1.82) is 0 Å². The van der Waals surface area contributed by atoms with E-state index in [2.05, 4.69) is 124 Å². The van der Waals surface area contributed by atoms with Crippen LogP contribution < -0.4 is 0 Å². The van der Waals surface area contributed by atoms with Crippen LogP contribution in [0.15, 0.2) is 144 Å². The zero-order valence-corrected chi connectivity index (χ0v) is 29.5. The molecule has 4 nitrogen and oxygen atoms in total. The van der Waals surface area contributed by atoms with E-state index in [-0.39, 0.29) is 11.3 Å². The fraction of sp³-hybridized carbons (Fsp3) is 0.214. The fourth-order valence-electron chi connectivity index (χ4n) is 7.32. The predicted molar refractivity (Wildman–Crippen MR) is 193 cm³/mol. The number of hydrogen-bond donors (Lipinski definition) is 0. The molecular formula is C42H41NO3Si. The summed E-state index contributed by atoms with van der Waals surface area (Å²) in [7, 11) is 0.508. The number of oxazole rings is 1. The predicted octanol–water partition coefficient (Wildman–Crippen LogP) is 9.29. The van der Waals surface area contributed by atoms with E-state index in [0.717, 1.165) is 40.1 Å². The number of hydrogen-bond acceptors (Lipinski definition) is 4. The lowest BCUT2D eigenvalue weighted by molar-refractivity contribution is -0.0134. The van der Waals surface area contributed by atoms with Crippen molar-refractivity contribution in [3.05, 3.63) is 162 Å². The Morgan fingerprint density at radius 1 is 0.660 bits per heavy atom. The van der Waals surface area contributed by atoms with Gasteiger partial charge >= 0.3 is 0 Å². The van der Waals surface area contributed by atoms with Crippen LogP contribution in [0.5, 0.6) is 0 Å². The molecule has 236 valence electrons. The van der Waals surface area contributed by atoms with Crippen LogP contribution in [0, 0.1) is 5.92 Å². The minimum absolute atomic E-state index is 0.0991. The van der Waals surface area contributed by atoms with Gasteiger partial charge in [0.15, 0.2) is 5.76 Å². The highest BCUT2D eigenvalue weighted by Gasteiger charge is 2.52. The average molecular weight is 636 g/mol. The molecule has 2 heterocycles. The lowest BCUT2D eigenvalue weighted by Crippen LogP contribution is -2.41. The van der Waals surface area contributed by atoms with Gasteiger partial charge in [-0.15, -0.1) is 0 Å². The Labute approximate surface area is 281 Å². The number of rotatable bonds is 8. The number of benzene rings is 5. The molecule has 6 aromatic rings. The summed E-state index contributed by atoms with van der Waals surface area (Å²) in [5.41, 5.74) is 7.83. The van der Waals surface area contributed by atoms with Gasteiger partial charge in [0.05, 0.1) is 0 Å². The van der Waals surface area contributed by atoms with Crippen LogP contribution in [0.1, 0.15) is 55.9 Å². The maximum absolute atomic E-state index is 7.07. The van der Waals surface area contributed by atoms with Gasteiger partial charge in [-0.1, -0.05) is 160 Å². The molecule has 0 amide bonds. The van der Waals surface area contributed by atoms with E-state index in [1.807, 2.05) is 36.4 Å². The summed E-state index contributed by atoms with van der Waals surface area (Å²) in [4.78, 5) is 5.23. The fourth-order valence-corrected chi connectivity index (χ4v) is 8.08. The second-order valence-electron chi connectivity index (χ2n) is 13.3. The summed E-state index contributed by atoms with van der Waals surface area (Å²) in [5, 5.41) is 0. The first kappa shape index (κ1) is 31.1. The van der Waals surface area contributed by atoms with Crippen molar-refractivity contribution in [2.45, 2.75) is 44.3 Å². The van der Waals surface area contributed by atoms with Crippen molar-refractivity contribution >= 4 is 10.5 Å². The first-order valence-corrected chi connectivity index (χ1v) is 17.3. The molecule has 0 N–H and O–H groups in total. The Morgan fingerprint density at radius 3 is 1.81 bits per heavy atom. The van der Waals surface area contributed by atoms with Crippen molar-refractivity contribution in [3.8, 4) is 33.7 Å². The van der Waals surface area contributed by atoms with Crippen LogP contribution in [0.25, 0.3) is 33.7 Å². The van der Waals surface area contributed by atoms with E-state index < -0.39 is 11.7 Å². The van der Waals surface area contributed by atoms with Crippen LogP contribution in [0.2, 0.25) is 0 Å². The molecule has 0 spiro atoms. The summed E-state index contributed by atoms with van der Waals surface area (Å²) in [5.74, 6) is 1.22. The molecule has 0 saturated carbocycles. The SMILES string of the molecule is CC(C)(C)c1cccc(C(O[SiH3])(c2ccccc2)C2CCOC2c2nc(-c3ccccc3)c(-c3ccccc3)o2)c1-c1ccccc1. The molecule has 5 aromatic carbocycles. The third kappa shape index (κ3) is 5.69. The zero-order valence-electron chi connectivity index (χ0n) is 27.5. The van der Waals surface area contributed by atoms with Crippen molar-refractivity contribution in [2.24, 2.45) is 5.92 Å². The molecule has 1 fully saturated rings. The molecular weight excluding hydrogens is 595 g/mol. The summed E-state index contributed by atoms with van der Waals surface area (Å²) in [6.07, 6.45) is 0.366. The maximum atomic E-state index is 7.07. The first-order chi connectivity index (χ1) is 22.9. The smallest absolute Gasteiger partial charge is 0.225 e. The number of aromatic nitrogens is 1. The Kier molecular flexibility index (Phi) is 8.54. The topological polar surface area (TPSA) is 44.5 Å². The standard InChI is InChI=1S/C42H41NO3Si/c1-41(2,3)33-25-16-26-34(36(33)29-17-8-4-9-18-29)42(46-47,32-23-14-7-15-24-32)35-27-28-44-39(35)40-43-37(30-19-10-5-11-20-30)38(45-40)31-21-12-6-13-22-31/h4-26,35,39H,27-28H2,1-3,47H3. The normalized spacial score (nSPS) is 17.9. The minimum atomic E-state index is -0.810. The van der Waals surface area contributed by atoms with Gasteiger partial charge in [-0.25, -0.2) is 4.98 Å². The molecule has 47 heavy (non-hydrogen) atoms. The largest absolute Gasteiger partial charge is 0.437 e. The Balaban J connectivity index is 1.47. The summed E-state index contributed by atoms with van der Waals surface area (Å²) < 4.78 is 20.5. The van der Waals surface area contributed by atoms with Gasteiger partial charge in [0, 0.05) is 23.7 Å². The molecule has 0 radical (unpaired) electrons. The highest BCUT2D eigenvalue weighted by molar-refractivity contribution is 5.99. The van der Waals surface area contributed by atoms with E-state index in [1.165, 1.54) is 16.7 Å². The maximum Gasteiger partial charge on any atom is 0.225 e. The number of ether oxygens (including phenoxy) is 1. The molecule has 7 rings (SSSR count). The van der Waals surface area contributed by atoms with Crippen LogP contribution in [-0.4, -0.2) is 22.1 Å². The third-order valence-electron chi connectivity index (χ3n) is 9.44. The van der Waals surface area contributed by atoms with Gasteiger partial charge in [-0.2, -0.15) is 0 Å². The first-order valence-electron chi connectivity index (χ1n) is 16.4. The van der Waals surface area contributed by atoms with Crippen LogP contribution in [-0.2, 0) is 20.2 Å². The van der Waals surface area contributed by atoms with E-state index in [9.17, 15) is 0 Å². The molecule has 5 heteroatoms. The number of nitrogens with zero attached hydrogens (tertiary/aromatic N) is 1. The van der Waals surface area contributed by atoms with Crippen molar-refractivity contribution < 1.29 is 13.6 Å². The molecule has 1 aromatic heterocycles. The summed E-state index contributed by atoms with van der Waals surface area (Å²) >= 11 is 0. The molecule has 1 aliphatic heterocycles. The molecule has 1 saturated heterocycles. The van der Waals surface area contributed by atoms with Crippen LogP contribution in [0.3, 0.4) is 0 Å². The average Bonchev–Trinajstić information content (AvgIpc) is 3.79. The Hall–Kier alpha value is -4.55. The van der Waals surface area contributed by atoms with E-state index in [1.54, 1.807) is 0 Å². The minimum Gasteiger partial charge on any atom is -0.437 e. The van der Waals surface area contributed by atoms with Gasteiger partial charge in [-0.05, 0) is 39.7 Å². The lowest BCUT2D eigenvalue weighted by Gasteiger charge is -2.43. The summed E-state index contributed by atoms with van der Waals surface area (Å²) in [6, 6.07) is 48.7. The van der Waals surface area contributed by atoms with Crippen molar-refractivity contribution in [3.63, 3.8) is 0 Å². The highest BCUT2D eigenvalue weighted by Crippen LogP contribution is 2.54. The van der Waals surface area contributed by atoms with E-state index >= 15 is 0 Å². The third-order valence-corrected chi connectivity index (χ3v) is 10.1. The molecule has 0 aliphatic carbocycles. The highest BCUT2D eigenvalue weighted by atomic mass is 28.2. The van der Waals surface area contributed by atoms with Gasteiger partial charge in [0.2, 0.25) is 5.89 Å². The Morgan fingerprint density at radius 2 is 1.21 bits per heavy atom. The quantitative estimate of drug-likeness (QED) is 0.156. The Bertz CT molecular complexity index is 1880. The van der Waals surface area contributed by atoms with Gasteiger partial charge in [0.1, 0.15) is 27.9 Å². The molecule has 3 atom stereocenters. The lowest BCUT2D eigenvalue weighted by atomic mass is 9.68. The van der Waals surface area contributed by atoms with Crippen LogP contribution >= 0.6 is 0 Å². The van der Waals surface area contributed by atoms with Gasteiger partial charge in [0.25, 0.3) is 0 Å². The van der Waals surface area contributed by atoms with Crippen molar-refractivity contribution in [1.82, 2.24) is 4.98 Å². The second-order valence-corrected chi connectivity index (χ2v) is 13.7.